The normalized spacial score (nSPS) is 20.1. The maximum absolute atomic E-state index is 12.1. The summed E-state index contributed by atoms with van der Waals surface area (Å²) in [6.45, 7) is 4.65. The maximum Gasteiger partial charge on any atom is 0.193 e. The second kappa shape index (κ2) is 4.56. The summed E-state index contributed by atoms with van der Waals surface area (Å²) in [5, 5.41) is 0.531. The standard InChI is InChI=1S/C13H15ClO2/c1-8-6-10(11(14)7-9(8)2)13(15)12-4-3-5-16-12/h6-7,12H,3-5H2,1-2H3. The predicted molar refractivity (Wildman–Crippen MR) is 64.2 cm³/mol. The quantitative estimate of drug-likeness (QED) is 0.739. The molecule has 1 atom stereocenters. The van der Waals surface area contributed by atoms with Crippen molar-refractivity contribution in [2.75, 3.05) is 6.61 Å². The zero-order valence-electron chi connectivity index (χ0n) is 9.55. The Balaban J connectivity index is 2.32. The summed E-state index contributed by atoms with van der Waals surface area (Å²) < 4.78 is 5.39. The van der Waals surface area contributed by atoms with E-state index in [1.165, 1.54) is 0 Å². The third kappa shape index (κ3) is 2.13. The van der Waals surface area contributed by atoms with E-state index in [1.54, 1.807) is 0 Å². The Labute approximate surface area is 101 Å². The number of aryl methyl sites for hydroxylation is 2. The lowest BCUT2D eigenvalue weighted by atomic mass is 9.99. The zero-order chi connectivity index (χ0) is 11.7. The van der Waals surface area contributed by atoms with Crippen molar-refractivity contribution in [3.63, 3.8) is 0 Å². The van der Waals surface area contributed by atoms with Crippen LogP contribution in [-0.2, 0) is 4.74 Å². The molecule has 86 valence electrons. The summed E-state index contributed by atoms with van der Waals surface area (Å²) in [6, 6.07) is 3.71. The lowest BCUT2D eigenvalue weighted by Crippen LogP contribution is -2.20. The number of hydrogen-bond donors (Lipinski definition) is 0. The Morgan fingerprint density at radius 2 is 2.06 bits per heavy atom. The first-order valence-electron chi connectivity index (χ1n) is 5.52. The molecule has 2 nitrogen and oxygen atoms in total. The number of hydrogen-bond acceptors (Lipinski definition) is 2. The van der Waals surface area contributed by atoms with Crippen LogP contribution in [0.1, 0.15) is 34.3 Å². The predicted octanol–water partition coefficient (Wildman–Crippen LogP) is 3.32. The highest BCUT2D eigenvalue weighted by Crippen LogP contribution is 2.25. The van der Waals surface area contributed by atoms with Crippen molar-refractivity contribution in [1.82, 2.24) is 0 Å². The molecule has 1 fully saturated rings. The number of ether oxygens (including phenoxy) is 1. The molecule has 1 aliphatic heterocycles. The highest BCUT2D eigenvalue weighted by Gasteiger charge is 2.26. The van der Waals surface area contributed by atoms with E-state index in [0.717, 1.165) is 24.0 Å². The second-order valence-corrected chi connectivity index (χ2v) is 4.69. The minimum atomic E-state index is -0.292. The summed E-state index contributed by atoms with van der Waals surface area (Å²) in [5.74, 6) is 0.0191. The van der Waals surface area contributed by atoms with E-state index < -0.39 is 0 Å². The molecule has 3 heteroatoms. The summed E-state index contributed by atoms with van der Waals surface area (Å²) >= 11 is 6.10. The topological polar surface area (TPSA) is 26.3 Å². The molecule has 2 rings (SSSR count). The number of Topliss-reactive ketones (excluding diaryl/α,β-unsaturated/α-hetero) is 1. The van der Waals surface area contributed by atoms with E-state index in [9.17, 15) is 4.79 Å². The molecular weight excluding hydrogens is 224 g/mol. The lowest BCUT2D eigenvalue weighted by molar-refractivity contribution is 0.0643. The zero-order valence-corrected chi connectivity index (χ0v) is 10.3. The fourth-order valence-corrected chi connectivity index (χ4v) is 2.24. The summed E-state index contributed by atoms with van der Waals surface area (Å²) in [5.41, 5.74) is 2.79. The van der Waals surface area contributed by atoms with Gasteiger partial charge in [-0.3, -0.25) is 4.79 Å². The van der Waals surface area contributed by atoms with Crippen LogP contribution in [0, 0.1) is 13.8 Å². The number of halogens is 1. The Hall–Kier alpha value is -0.860. The Bertz CT molecular complexity index is 420. The highest BCUT2D eigenvalue weighted by molar-refractivity contribution is 6.34. The number of rotatable bonds is 2. The van der Waals surface area contributed by atoms with Gasteiger partial charge in [-0.1, -0.05) is 11.6 Å². The van der Waals surface area contributed by atoms with E-state index in [-0.39, 0.29) is 11.9 Å². The van der Waals surface area contributed by atoms with Crippen molar-refractivity contribution in [1.29, 1.82) is 0 Å². The SMILES string of the molecule is Cc1cc(Cl)c(C(=O)C2CCCO2)cc1C. The van der Waals surface area contributed by atoms with Gasteiger partial charge in [0, 0.05) is 12.2 Å². The smallest absolute Gasteiger partial charge is 0.193 e. The van der Waals surface area contributed by atoms with Crippen LogP contribution in [0.25, 0.3) is 0 Å². The molecule has 1 unspecified atom stereocenters. The summed E-state index contributed by atoms with van der Waals surface area (Å²) in [6.07, 6.45) is 1.47. The molecule has 0 aliphatic carbocycles. The van der Waals surface area contributed by atoms with E-state index in [0.29, 0.717) is 17.2 Å². The van der Waals surface area contributed by atoms with Crippen LogP contribution in [0.15, 0.2) is 12.1 Å². The molecule has 1 aliphatic rings. The van der Waals surface area contributed by atoms with Crippen molar-refractivity contribution in [2.24, 2.45) is 0 Å². The van der Waals surface area contributed by atoms with Crippen molar-refractivity contribution >= 4 is 17.4 Å². The number of ketones is 1. The molecule has 16 heavy (non-hydrogen) atoms. The van der Waals surface area contributed by atoms with Gasteiger partial charge in [-0.15, -0.1) is 0 Å². The molecule has 1 heterocycles. The van der Waals surface area contributed by atoms with Gasteiger partial charge in [-0.25, -0.2) is 0 Å². The van der Waals surface area contributed by atoms with Gasteiger partial charge in [-0.2, -0.15) is 0 Å². The highest BCUT2D eigenvalue weighted by atomic mass is 35.5. The van der Waals surface area contributed by atoms with Gasteiger partial charge in [0.25, 0.3) is 0 Å². The molecule has 0 N–H and O–H groups in total. The van der Waals surface area contributed by atoms with Crippen LogP contribution >= 0.6 is 11.6 Å². The van der Waals surface area contributed by atoms with E-state index in [4.69, 9.17) is 16.3 Å². The molecular formula is C13H15ClO2. The van der Waals surface area contributed by atoms with Crippen LogP contribution in [-0.4, -0.2) is 18.5 Å². The maximum atomic E-state index is 12.1. The van der Waals surface area contributed by atoms with Crippen LogP contribution in [0.3, 0.4) is 0 Å². The van der Waals surface area contributed by atoms with Gasteiger partial charge in [0.15, 0.2) is 5.78 Å². The fraction of sp³-hybridized carbons (Fsp3) is 0.462. The minimum Gasteiger partial charge on any atom is -0.370 e. The van der Waals surface area contributed by atoms with E-state index in [1.807, 2.05) is 26.0 Å². The van der Waals surface area contributed by atoms with Gasteiger partial charge in [0.05, 0.1) is 5.02 Å². The second-order valence-electron chi connectivity index (χ2n) is 4.28. The average molecular weight is 239 g/mol. The van der Waals surface area contributed by atoms with Crippen LogP contribution in [0.2, 0.25) is 5.02 Å². The number of benzene rings is 1. The first-order valence-corrected chi connectivity index (χ1v) is 5.90. The molecule has 0 amide bonds. The van der Waals surface area contributed by atoms with Gasteiger partial charge >= 0.3 is 0 Å². The first kappa shape index (κ1) is 11.6. The molecule has 0 bridgehead atoms. The summed E-state index contributed by atoms with van der Waals surface area (Å²) in [7, 11) is 0. The lowest BCUT2D eigenvalue weighted by Gasteiger charge is -2.11. The Morgan fingerprint density at radius 1 is 1.38 bits per heavy atom. The number of carbonyl (C=O) groups excluding carboxylic acids is 1. The first-order chi connectivity index (χ1) is 7.59. The molecule has 0 aromatic heterocycles. The largest absolute Gasteiger partial charge is 0.370 e. The van der Waals surface area contributed by atoms with Crippen molar-refractivity contribution < 1.29 is 9.53 Å². The van der Waals surface area contributed by atoms with Crippen LogP contribution < -0.4 is 0 Å². The molecule has 0 saturated carbocycles. The van der Waals surface area contributed by atoms with Gasteiger partial charge in [0.2, 0.25) is 0 Å². The van der Waals surface area contributed by atoms with E-state index >= 15 is 0 Å². The van der Waals surface area contributed by atoms with Gasteiger partial charge in [-0.05, 0) is 49.9 Å². The monoisotopic (exact) mass is 238 g/mol. The Kier molecular flexibility index (Phi) is 3.31. The third-order valence-electron chi connectivity index (χ3n) is 3.07. The molecule has 1 aromatic rings. The van der Waals surface area contributed by atoms with Gasteiger partial charge < -0.3 is 4.74 Å². The van der Waals surface area contributed by atoms with Crippen molar-refractivity contribution in [2.45, 2.75) is 32.8 Å². The van der Waals surface area contributed by atoms with Crippen LogP contribution in [0.5, 0.6) is 0 Å². The van der Waals surface area contributed by atoms with Crippen molar-refractivity contribution in [3.8, 4) is 0 Å². The molecule has 1 saturated heterocycles. The van der Waals surface area contributed by atoms with Crippen molar-refractivity contribution in [3.05, 3.63) is 33.8 Å². The average Bonchev–Trinajstić information content (AvgIpc) is 2.75. The van der Waals surface area contributed by atoms with Gasteiger partial charge in [0.1, 0.15) is 6.10 Å². The van der Waals surface area contributed by atoms with Crippen LogP contribution in [0.4, 0.5) is 0 Å². The van der Waals surface area contributed by atoms with E-state index in [2.05, 4.69) is 0 Å². The number of carbonyl (C=O) groups is 1. The fourth-order valence-electron chi connectivity index (χ4n) is 1.93. The molecule has 0 radical (unpaired) electrons. The third-order valence-corrected chi connectivity index (χ3v) is 3.38. The Morgan fingerprint density at radius 3 is 2.69 bits per heavy atom. The summed E-state index contributed by atoms with van der Waals surface area (Å²) in [4.78, 5) is 12.1. The molecule has 1 aromatic carbocycles. The molecule has 0 spiro atoms. The minimum absolute atomic E-state index is 0.0191.